The molecular weight excluding hydrogens is 497 g/mol. The van der Waals surface area contributed by atoms with Gasteiger partial charge in [-0.05, 0) is 86.2 Å². The number of β-amino-alcohol motifs (C(OH)–C–C–N with tert-alkyl or cyclic N) is 1. The molecule has 7 heteroatoms. The fraction of sp³-hybridized carbons (Fsp3) is 0.345. The van der Waals surface area contributed by atoms with Crippen LogP contribution in [-0.4, -0.2) is 41.0 Å². The summed E-state index contributed by atoms with van der Waals surface area (Å²) < 4.78 is 6.04. The third-order valence-corrected chi connectivity index (χ3v) is 6.53. The molecule has 0 aromatic heterocycles. The second-order valence-corrected chi connectivity index (χ2v) is 10.6. The van der Waals surface area contributed by atoms with Gasteiger partial charge in [-0.25, -0.2) is 4.79 Å². The average Bonchev–Trinajstić information content (AvgIpc) is 2.80. The lowest BCUT2D eigenvalue weighted by Gasteiger charge is -2.28. The third kappa shape index (κ3) is 7.79. The number of carboxylic acid groups (broad SMARTS) is 1. The van der Waals surface area contributed by atoms with Crippen LogP contribution in [0.4, 0.5) is 0 Å². The molecule has 0 saturated carbocycles. The number of ether oxygens (including phenoxy) is 1. The first kappa shape index (κ1) is 28.2. The molecule has 2 atom stereocenters. The van der Waals surface area contributed by atoms with Crippen molar-refractivity contribution in [1.29, 1.82) is 0 Å². The summed E-state index contributed by atoms with van der Waals surface area (Å²) in [4.78, 5) is 11.4. The molecule has 0 aliphatic carbocycles. The Hall–Kier alpha value is -2.41. The molecule has 3 aromatic carbocycles. The second kappa shape index (κ2) is 12.2. The van der Waals surface area contributed by atoms with E-state index in [0.29, 0.717) is 28.6 Å². The number of halogens is 2. The number of hydrogen-bond donors (Lipinski definition) is 3. The maximum Gasteiger partial charge on any atom is 0.335 e. The lowest BCUT2D eigenvalue weighted by Crippen LogP contribution is -2.46. The van der Waals surface area contributed by atoms with Gasteiger partial charge in [-0.2, -0.15) is 0 Å². The zero-order chi connectivity index (χ0) is 26.5. The van der Waals surface area contributed by atoms with Crippen LogP contribution in [0, 0.1) is 6.92 Å². The van der Waals surface area contributed by atoms with Gasteiger partial charge in [-0.1, -0.05) is 59.6 Å². The van der Waals surface area contributed by atoms with Gasteiger partial charge in [0.2, 0.25) is 0 Å². The number of carboxylic acids is 1. The zero-order valence-electron chi connectivity index (χ0n) is 21.0. The van der Waals surface area contributed by atoms with Gasteiger partial charge in [0, 0.05) is 22.1 Å². The minimum absolute atomic E-state index is 0.165. The Balaban J connectivity index is 1.59. The molecule has 36 heavy (non-hydrogen) atoms. The van der Waals surface area contributed by atoms with Crippen molar-refractivity contribution in [2.75, 3.05) is 13.2 Å². The molecule has 3 N–H and O–H groups in total. The van der Waals surface area contributed by atoms with E-state index >= 15 is 0 Å². The number of carbonyl (C=O) groups is 1. The first-order chi connectivity index (χ1) is 16.9. The van der Waals surface area contributed by atoms with E-state index in [4.69, 9.17) is 27.9 Å². The molecule has 0 amide bonds. The van der Waals surface area contributed by atoms with Gasteiger partial charge >= 0.3 is 5.97 Å². The monoisotopic (exact) mass is 529 g/mol. The third-order valence-electron chi connectivity index (χ3n) is 6.09. The SMILES string of the molecule is Cc1cc(-c2ccccc2C(C)OC[C@@H](O)CNC(C)(C)Cc2cc(Cl)cc(Cl)c2)ccc1C(=O)O. The highest BCUT2D eigenvalue weighted by molar-refractivity contribution is 6.34. The number of rotatable bonds is 11. The van der Waals surface area contributed by atoms with Crippen LogP contribution < -0.4 is 5.32 Å². The molecule has 0 spiro atoms. The van der Waals surface area contributed by atoms with Crippen molar-refractivity contribution in [3.05, 3.63) is 93.0 Å². The molecule has 0 bridgehead atoms. The minimum atomic E-state index is -0.939. The predicted octanol–water partition coefficient (Wildman–Crippen LogP) is 6.72. The molecule has 192 valence electrons. The molecule has 0 radical (unpaired) electrons. The van der Waals surface area contributed by atoms with Crippen LogP contribution in [0.3, 0.4) is 0 Å². The molecule has 0 aliphatic rings. The molecule has 1 unspecified atom stereocenters. The fourth-order valence-electron chi connectivity index (χ4n) is 4.27. The van der Waals surface area contributed by atoms with Crippen LogP contribution in [0.1, 0.15) is 53.9 Å². The highest BCUT2D eigenvalue weighted by Crippen LogP contribution is 2.31. The van der Waals surface area contributed by atoms with E-state index < -0.39 is 12.1 Å². The summed E-state index contributed by atoms with van der Waals surface area (Å²) >= 11 is 12.2. The van der Waals surface area contributed by atoms with Crippen molar-refractivity contribution in [2.24, 2.45) is 0 Å². The van der Waals surface area contributed by atoms with Gasteiger partial charge in [0.15, 0.2) is 0 Å². The van der Waals surface area contributed by atoms with E-state index in [0.717, 1.165) is 22.3 Å². The van der Waals surface area contributed by atoms with Crippen molar-refractivity contribution in [3.8, 4) is 11.1 Å². The Morgan fingerprint density at radius 2 is 1.72 bits per heavy atom. The highest BCUT2D eigenvalue weighted by atomic mass is 35.5. The van der Waals surface area contributed by atoms with E-state index in [2.05, 4.69) is 19.2 Å². The Morgan fingerprint density at radius 3 is 2.36 bits per heavy atom. The summed E-state index contributed by atoms with van der Waals surface area (Å²) in [7, 11) is 0. The van der Waals surface area contributed by atoms with Crippen LogP contribution >= 0.6 is 23.2 Å². The maximum atomic E-state index is 11.4. The average molecular weight is 530 g/mol. The van der Waals surface area contributed by atoms with Crippen LogP contribution in [0.25, 0.3) is 11.1 Å². The van der Waals surface area contributed by atoms with E-state index in [1.54, 1.807) is 19.1 Å². The van der Waals surface area contributed by atoms with Crippen LogP contribution in [0.15, 0.2) is 60.7 Å². The van der Waals surface area contributed by atoms with Crippen molar-refractivity contribution < 1.29 is 19.7 Å². The van der Waals surface area contributed by atoms with Gasteiger partial charge in [0.05, 0.1) is 24.4 Å². The maximum absolute atomic E-state index is 11.4. The first-order valence-electron chi connectivity index (χ1n) is 11.9. The standard InChI is InChI=1S/C29H33Cl2NO4/c1-18-11-21(9-10-25(18)28(34)35)27-8-6-5-7-26(27)19(2)36-17-24(33)16-32-29(3,4)15-20-12-22(30)14-23(31)13-20/h5-14,19,24,32-33H,15-17H2,1-4H3,(H,34,35)/t19?,24-/m0/s1. The number of aryl methyl sites for hydroxylation is 1. The minimum Gasteiger partial charge on any atom is -0.478 e. The molecule has 3 aromatic rings. The van der Waals surface area contributed by atoms with Crippen molar-refractivity contribution in [1.82, 2.24) is 5.32 Å². The lowest BCUT2D eigenvalue weighted by molar-refractivity contribution is -0.00397. The Labute approximate surface area is 223 Å². The Kier molecular flexibility index (Phi) is 9.56. The van der Waals surface area contributed by atoms with Gasteiger partial charge in [-0.15, -0.1) is 0 Å². The predicted molar refractivity (Wildman–Crippen MR) is 146 cm³/mol. The highest BCUT2D eigenvalue weighted by Gasteiger charge is 2.21. The fourth-order valence-corrected chi connectivity index (χ4v) is 4.84. The molecule has 0 aliphatic heterocycles. The lowest BCUT2D eigenvalue weighted by atomic mass is 9.94. The Bertz CT molecular complexity index is 1190. The molecule has 0 fully saturated rings. The molecule has 0 saturated heterocycles. The van der Waals surface area contributed by atoms with Crippen LogP contribution in [0.5, 0.6) is 0 Å². The van der Waals surface area contributed by atoms with Crippen molar-refractivity contribution in [2.45, 2.75) is 51.9 Å². The summed E-state index contributed by atoms with van der Waals surface area (Å²) in [6, 6.07) is 18.7. The van der Waals surface area contributed by atoms with E-state index in [-0.39, 0.29) is 23.8 Å². The first-order valence-corrected chi connectivity index (χ1v) is 12.6. The second-order valence-electron chi connectivity index (χ2n) is 9.77. The van der Waals surface area contributed by atoms with Crippen LogP contribution in [0.2, 0.25) is 10.0 Å². The van der Waals surface area contributed by atoms with Gasteiger partial charge in [0.1, 0.15) is 0 Å². The van der Waals surface area contributed by atoms with Crippen LogP contribution in [-0.2, 0) is 11.2 Å². The van der Waals surface area contributed by atoms with Gasteiger partial charge < -0.3 is 20.3 Å². The number of hydrogen-bond acceptors (Lipinski definition) is 4. The number of nitrogens with one attached hydrogen (secondary N) is 1. The quantitative estimate of drug-likeness (QED) is 0.257. The Morgan fingerprint density at radius 1 is 1.06 bits per heavy atom. The molecule has 3 rings (SSSR count). The zero-order valence-corrected chi connectivity index (χ0v) is 22.5. The molecular formula is C29H33Cl2NO4. The number of aromatic carboxylic acids is 1. The van der Waals surface area contributed by atoms with E-state index in [9.17, 15) is 15.0 Å². The summed E-state index contributed by atoms with van der Waals surface area (Å²) in [5.41, 5.74) is 4.59. The summed E-state index contributed by atoms with van der Waals surface area (Å²) in [5.74, 6) is -0.939. The van der Waals surface area contributed by atoms with E-state index in [1.807, 2.05) is 55.5 Å². The van der Waals surface area contributed by atoms with E-state index in [1.165, 1.54) is 0 Å². The summed E-state index contributed by atoms with van der Waals surface area (Å²) in [5, 5.41) is 24.5. The topological polar surface area (TPSA) is 78.8 Å². The molecule has 0 heterocycles. The number of aliphatic hydroxyl groups excluding tert-OH is 1. The normalized spacial score (nSPS) is 13.4. The number of benzene rings is 3. The smallest absolute Gasteiger partial charge is 0.335 e. The van der Waals surface area contributed by atoms with Crippen molar-refractivity contribution in [3.63, 3.8) is 0 Å². The van der Waals surface area contributed by atoms with Gasteiger partial charge in [0.25, 0.3) is 0 Å². The van der Waals surface area contributed by atoms with Crippen molar-refractivity contribution >= 4 is 29.2 Å². The summed E-state index contributed by atoms with van der Waals surface area (Å²) in [6.07, 6.45) is -0.263. The molecule has 5 nitrogen and oxygen atoms in total. The largest absolute Gasteiger partial charge is 0.478 e. The van der Waals surface area contributed by atoms with Gasteiger partial charge in [-0.3, -0.25) is 0 Å². The summed E-state index contributed by atoms with van der Waals surface area (Å²) in [6.45, 7) is 8.40. The number of aliphatic hydroxyl groups is 1.